The zero-order valence-corrected chi connectivity index (χ0v) is 8.98. The van der Waals surface area contributed by atoms with Gasteiger partial charge in [0.25, 0.3) is 0 Å². The maximum absolute atomic E-state index is 10.7. The van der Waals surface area contributed by atoms with Crippen LogP contribution in [0.25, 0.3) is 0 Å². The lowest BCUT2D eigenvalue weighted by molar-refractivity contribution is -0.117. The molecule has 0 fully saturated rings. The molecule has 0 radical (unpaired) electrons. The molecule has 0 atom stereocenters. The van der Waals surface area contributed by atoms with Crippen LogP contribution in [0, 0.1) is 5.41 Å². The zero-order valence-electron chi connectivity index (χ0n) is 8.98. The van der Waals surface area contributed by atoms with Crippen LogP contribution < -0.4 is 0 Å². The Balaban J connectivity index is 3.60. The van der Waals surface area contributed by atoms with Crippen LogP contribution in [0.5, 0.6) is 0 Å². The molecule has 0 aromatic carbocycles. The highest BCUT2D eigenvalue weighted by Crippen LogP contribution is 2.13. The molecule has 0 rings (SSSR count). The number of carbonyl (C=O) groups excluding carboxylic acids is 1. The Kier molecular flexibility index (Phi) is 4.46. The Morgan fingerprint density at radius 1 is 1.33 bits per heavy atom. The molecule has 0 aliphatic carbocycles. The molecule has 2 nitrogen and oxygen atoms in total. The topological polar surface area (TPSA) is 20.3 Å². The normalized spacial score (nSPS) is 12.2. The van der Waals surface area contributed by atoms with Gasteiger partial charge in [-0.2, -0.15) is 0 Å². The fraction of sp³-hybridized carbons (Fsp3) is 0.900. The Morgan fingerprint density at radius 2 is 1.83 bits per heavy atom. The average Bonchev–Trinajstić information content (AvgIpc) is 1.79. The molecule has 0 aromatic heterocycles. The minimum Gasteiger partial charge on any atom is -0.305 e. The van der Waals surface area contributed by atoms with Crippen LogP contribution in [-0.2, 0) is 4.79 Å². The van der Waals surface area contributed by atoms with Crippen molar-refractivity contribution in [3.8, 4) is 0 Å². The fourth-order valence-electron chi connectivity index (χ4n) is 1.24. The molecule has 0 aliphatic rings. The van der Waals surface area contributed by atoms with Crippen molar-refractivity contribution in [2.24, 2.45) is 5.41 Å². The first kappa shape index (κ1) is 11.6. The summed E-state index contributed by atoms with van der Waals surface area (Å²) < 4.78 is 0. The van der Waals surface area contributed by atoms with E-state index in [4.69, 9.17) is 0 Å². The van der Waals surface area contributed by atoms with Crippen molar-refractivity contribution < 1.29 is 4.79 Å². The minimum atomic E-state index is 0.274. The van der Waals surface area contributed by atoms with E-state index in [2.05, 4.69) is 32.7 Å². The number of carbonyl (C=O) groups is 1. The first-order valence-corrected chi connectivity index (χ1v) is 4.49. The largest absolute Gasteiger partial charge is 0.305 e. The van der Waals surface area contributed by atoms with Gasteiger partial charge in [-0.3, -0.25) is 4.79 Å². The molecule has 0 saturated carbocycles. The van der Waals surface area contributed by atoms with Gasteiger partial charge >= 0.3 is 0 Å². The Morgan fingerprint density at radius 3 is 2.17 bits per heavy atom. The summed E-state index contributed by atoms with van der Waals surface area (Å²) in [6.07, 6.45) is 0.673. The van der Waals surface area contributed by atoms with Crippen molar-refractivity contribution in [1.29, 1.82) is 0 Å². The lowest BCUT2D eigenvalue weighted by Gasteiger charge is -2.26. The molecule has 12 heavy (non-hydrogen) atoms. The molecule has 0 aromatic rings. The number of hydrogen-bond acceptors (Lipinski definition) is 2. The van der Waals surface area contributed by atoms with E-state index >= 15 is 0 Å². The molecular weight excluding hydrogens is 150 g/mol. The summed E-state index contributed by atoms with van der Waals surface area (Å²) in [6.45, 7) is 10.2. The Labute approximate surface area is 75.9 Å². The van der Waals surface area contributed by atoms with Gasteiger partial charge in [-0.1, -0.05) is 20.8 Å². The predicted octanol–water partition coefficient (Wildman–Crippen LogP) is 1.94. The van der Waals surface area contributed by atoms with Crippen molar-refractivity contribution in [3.05, 3.63) is 0 Å². The SMILES string of the molecule is CC(=O)CCN(C)CC(C)(C)C. The van der Waals surface area contributed by atoms with Gasteiger partial charge in [0, 0.05) is 19.5 Å². The van der Waals surface area contributed by atoms with Crippen LogP contribution in [0.2, 0.25) is 0 Å². The third-order valence-electron chi connectivity index (χ3n) is 1.59. The van der Waals surface area contributed by atoms with Crippen molar-refractivity contribution in [1.82, 2.24) is 4.90 Å². The molecule has 0 heterocycles. The van der Waals surface area contributed by atoms with E-state index in [0.29, 0.717) is 11.8 Å². The van der Waals surface area contributed by atoms with Crippen LogP contribution >= 0.6 is 0 Å². The second-order valence-corrected chi connectivity index (χ2v) is 4.75. The van der Waals surface area contributed by atoms with E-state index in [-0.39, 0.29) is 5.78 Å². The molecular formula is C10H21NO. The van der Waals surface area contributed by atoms with Crippen LogP contribution in [0.3, 0.4) is 0 Å². The lowest BCUT2D eigenvalue weighted by Crippen LogP contribution is -2.30. The average molecular weight is 171 g/mol. The maximum atomic E-state index is 10.7. The highest BCUT2D eigenvalue weighted by Gasteiger charge is 2.13. The summed E-state index contributed by atoms with van der Waals surface area (Å²) in [5.41, 5.74) is 0.325. The van der Waals surface area contributed by atoms with Crippen LogP contribution in [-0.4, -0.2) is 30.8 Å². The highest BCUT2D eigenvalue weighted by molar-refractivity contribution is 5.75. The van der Waals surface area contributed by atoms with E-state index in [9.17, 15) is 4.79 Å². The van der Waals surface area contributed by atoms with Gasteiger partial charge in [-0.25, -0.2) is 0 Å². The van der Waals surface area contributed by atoms with Gasteiger partial charge in [-0.15, -0.1) is 0 Å². The van der Waals surface area contributed by atoms with E-state index in [1.807, 2.05) is 0 Å². The van der Waals surface area contributed by atoms with Gasteiger partial charge in [-0.05, 0) is 19.4 Å². The predicted molar refractivity (Wildman–Crippen MR) is 52.3 cm³/mol. The van der Waals surface area contributed by atoms with Crippen molar-refractivity contribution >= 4 is 5.78 Å². The quantitative estimate of drug-likeness (QED) is 0.644. The molecule has 0 amide bonds. The molecule has 72 valence electrons. The van der Waals surface area contributed by atoms with E-state index < -0.39 is 0 Å². The standard InChI is InChI=1S/C10H21NO/c1-9(12)6-7-11(5)8-10(2,3)4/h6-8H2,1-5H3. The lowest BCUT2D eigenvalue weighted by atomic mass is 9.96. The summed E-state index contributed by atoms with van der Waals surface area (Å²) in [6, 6.07) is 0. The summed E-state index contributed by atoms with van der Waals surface area (Å²) in [4.78, 5) is 12.9. The van der Waals surface area contributed by atoms with E-state index in [1.54, 1.807) is 6.92 Å². The number of rotatable bonds is 4. The third-order valence-corrected chi connectivity index (χ3v) is 1.59. The minimum absolute atomic E-state index is 0.274. The second kappa shape index (κ2) is 4.61. The molecule has 0 bridgehead atoms. The smallest absolute Gasteiger partial charge is 0.131 e. The van der Waals surface area contributed by atoms with Crippen molar-refractivity contribution in [2.75, 3.05) is 20.1 Å². The van der Waals surface area contributed by atoms with Crippen LogP contribution in [0.4, 0.5) is 0 Å². The van der Waals surface area contributed by atoms with Gasteiger partial charge < -0.3 is 4.90 Å². The Hall–Kier alpha value is -0.370. The summed E-state index contributed by atoms with van der Waals surface area (Å²) >= 11 is 0. The highest BCUT2D eigenvalue weighted by atomic mass is 16.1. The monoisotopic (exact) mass is 171 g/mol. The summed E-state index contributed by atoms with van der Waals surface area (Å²) in [5.74, 6) is 0.274. The number of hydrogen-bond donors (Lipinski definition) is 0. The van der Waals surface area contributed by atoms with E-state index in [1.165, 1.54) is 0 Å². The first-order chi connectivity index (χ1) is 5.31. The number of Topliss-reactive ketones (excluding diaryl/α,β-unsaturated/α-hetero) is 1. The van der Waals surface area contributed by atoms with Gasteiger partial charge in [0.1, 0.15) is 5.78 Å². The molecule has 0 unspecified atom stereocenters. The van der Waals surface area contributed by atoms with Crippen molar-refractivity contribution in [3.63, 3.8) is 0 Å². The molecule has 0 N–H and O–H groups in total. The molecule has 0 spiro atoms. The third kappa shape index (κ3) is 7.73. The number of ketones is 1. The summed E-state index contributed by atoms with van der Waals surface area (Å²) in [5, 5.41) is 0. The fourth-order valence-corrected chi connectivity index (χ4v) is 1.24. The molecule has 2 heteroatoms. The number of nitrogens with zero attached hydrogens (tertiary/aromatic N) is 1. The first-order valence-electron chi connectivity index (χ1n) is 4.49. The summed E-state index contributed by atoms with van der Waals surface area (Å²) in [7, 11) is 2.06. The van der Waals surface area contributed by atoms with Gasteiger partial charge in [0.15, 0.2) is 0 Å². The molecule has 0 saturated heterocycles. The van der Waals surface area contributed by atoms with Crippen LogP contribution in [0.15, 0.2) is 0 Å². The zero-order chi connectivity index (χ0) is 9.78. The second-order valence-electron chi connectivity index (χ2n) is 4.75. The Bertz CT molecular complexity index is 146. The van der Waals surface area contributed by atoms with Gasteiger partial charge in [0.05, 0.1) is 0 Å². The molecule has 0 aliphatic heterocycles. The maximum Gasteiger partial charge on any atom is 0.131 e. The van der Waals surface area contributed by atoms with Crippen molar-refractivity contribution in [2.45, 2.75) is 34.1 Å². The van der Waals surface area contributed by atoms with E-state index in [0.717, 1.165) is 13.1 Å². The van der Waals surface area contributed by atoms with Crippen LogP contribution in [0.1, 0.15) is 34.1 Å². The van der Waals surface area contributed by atoms with Gasteiger partial charge in [0.2, 0.25) is 0 Å².